The van der Waals surface area contributed by atoms with Crippen molar-refractivity contribution in [3.63, 3.8) is 0 Å². The van der Waals surface area contributed by atoms with Crippen molar-refractivity contribution in [1.29, 1.82) is 0 Å². The molecular weight excluding hydrogens is 558 g/mol. The molecule has 0 radical (unpaired) electrons. The molecule has 0 saturated carbocycles. The van der Waals surface area contributed by atoms with E-state index in [1.807, 2.05) is 0 Å². The molecule has 0 spiro atoms. The molecule has 2 aromatic carbocycles. The summed E-state index contributed by atoms with van der Waals surface area (Å²) in [7, 11) is 1.31. The molecule has 1 aliphatic rings. The van der Waals surface area contributed by atoms with Crippen LogP contribution in [0.15, 0.2) is 36.4 Å². The van der Waals surface area contributed by atoms with Gasteiger partial charge in [0.2, 0.25) is 0 Å². The summed E-state index contributed by atoms with van der Waals surface area (Å²) in [5.41, 5.74) is -2.03. The fourth-order valence-electron chi connectivity index (χ4n) is 4.76. The van der Waals surface area contributed by atoms with E-state index in [2.05, 4.69) is 5.32 Å². The molecule has 0 bridgehead atoms. The van der Waals surface area contributed by atoms with Crippen molar-refractivity contribution < 1.29 is 39.9 Å². The number of amides is 2. The second-order valence-electron chi connectivity index (χ2n) is 9.48. The van der Waals surface area contributed by atoms with Gasteiger partial charge in [-0.2, -0.15) is 26.3 Å². The summed E-state index contributed by atoms with van der Waals surface area (Å²) in [6, 6.07) is 2.89. The van der Waals surface area contributed by atoms with E-state index in [-0.39, 0.29) is 43.2 Å². The zero-order chi connectivity index (χ0) is 28.4. The Morgan fingerprint density at radius 3 is 2.18 bits per heavy atom. The maximum absolute atomic E-state index is 13.8. The highest BCUT2D eigenvalue weighted by atomic mass is 35.5. The zero-order valence-electron chi connectivity index (χ0n) is 21.5. The Bertz CT molecular complexity index is 1110. The van der Waals surface area contributed by atoms with Gasteiger partial charge in [0.05, 0.1) is 23.2 Å². The van der Waals surface area contributed by atoms with Crippen LogP contribution in [0.3, 0.4) is 0 Å². The molecule has 4 nitrogen and oxygen atoms in total. The highest BCUT2D eigenvalue weighted by Gasteiger charge is 2.39. The first kappa shape index (κ1) is 32.6. The van der Waals surface area contributed by atoms with Gasteiger partial charge in [-0.25, -0.2) is 13.6 Å². The molecule has 0 aliphatic carbocycles. The van der Waals surface area contributed by atoms with Crippen molar-refractivity contribution in [3.05, 3.63) is 70.0 Å². The Hall–Kier alpha value is -2.60. The minimum absolute atomic E-state index is 0. The third-order valence-corrected chi connectivity index (χ3v) is 6.94. The maximum atomic E-state index is 13.8. The normalized spacial score (nSPS) is 18.9. The molecule has 39 heavy (non-hydrogen) atoms. The van der Waals surface area contributed by atoms with Gasteiger partial charge in [0.1, 0.15) is 12.5 Å². The van der Waals surface area contributed by atoms with E-state index >= 15 is 0 Å². The Morgan fingerprint density at radius 2 is 1.67 bits per heavy atom. The lowest BCUT2D eigenvalue weighted by atomic mass is 9.89. The van der Waals surface area contributed by atoms with Crippen molar-refractivity contribution in [3.8, 4) is 0 Å². The molecule has 1 aliphatic heterocycles. The van der Waals surface area contributed by atoms with Crippen LogP contribution in [-0.2, 0) is 12.4 Å². The Balaban J connectivity index is 0.00000533. The van der Waals surface area contributed by atoms with E-state index in [1.54, 1.807) is 13.0 Å². The number of nitrogens with zero attached hydrogens (tertiary/aromatic N) is 2. The Labute approximate surface area is 227 Å². The van der Waals surface area contributed by atoms with E-state index in [1.165, 1.54) is 31.0 Å². The van der Waals surface area contributed by atoms with Gasteiger partial charge in [0.25, 0.3) is 0 Å². The first-order valence-electron chi connectivity index (χ1n) is 12.0. The fraction of sp³-hybridized carbons (Fsp3) is 0.500. The number of aryl methyl sites for hydroxylation is 1. The lowest BCUT2D eigenvalue weighted by molar-refractivity contribution is -0.143. The predicted octanol–water partition coefficient (Wildman–Crippen LogP) is 7.47. The van der Waals surface area contributed by atoms with Crippen molar-refractivity contribution >= 4 is 18.4 Å². The van der Waals surface area contributed by atoms with Crippen molar-refractivity contribution in [2.75, 3.05) is 26.8 Å². The number of nitrogens with one attached hydrogen (secondary N) is 1. The molecule has 1 saturated heterocycles. The van der Waals surface area contributed by atoms with Gasteiger partial charge in [-0.15, -0.1) is 12.4 Å². The molecular formula is C26H30ClF8N3O. The highest BCUT2D eigenvalue weighted by Crippen LogP contribution is 2.39. The number of piperidine rings is 1. The number of hydrogen-bond donors (Lipinski definition) is 1. The smallest absolute Gasteiger partial charge is 0.321 e. The van der Waals surface area contributed by atoms with Gasteiger partial charge in [-0.3, -0.25) is 0 Å². The molecule has 13 heteroatoms. The monoisotopic (exact) mass is 587 g/mol. The van der Waals surface area contributed by atoms with Gasteiger partial charge in [0.15, 0.2) is 0 Å². The van der Waals surface area contributed by atoms with Crippen LogP contribution in [0.2, 0.25) is 0 Å². The molecule has 1 fully saturated rings. The molecule has 0 unspecified atom stereocenters. The van der Waals surface area contributed by atoms with Crippen LogP contribution in [-0.4, -0.2) is 48.7 Å². The maximum Gasteiger partial charge on any atom is 0.416 e. The number of rotatable bonds is 6. The number of hydrogen-bond acceptors (Lipinski definition) is 2. The number of likely N-dealkylation sites (tertiary alicyclic amines) is 1. The summed E-state index contributed by atoms with van der Waals surface area (Å²) in [6.07, 6.45) is -9.22. The van der Waals surface area contributed by atoms with Gasteiger partial charge in [-0.05, 0) is 73.7 Å². The Morgan fingerprint density at radius 1 is 1.08 bits per heavy atom. The lowest BCUT2D eigenvalue weighted by Gasteiger charge is -2.43. The number of halogens is 9. The fourth-order valence-corrected chi connectivity index (χ4v) is 4.76. The number of carbonyl (C=O) groups excluding carboxylic acids is 1. The van der Waals surface area contributed by atoms with E-state index in [0.29, 0.717) is 36.1 Å². The summed E-state index contributed by atoms with van der Waals surface area (Å²) in [4.78, 5) is 16.2. The minimum Gasteiger partial charge on any atom is -0.321 e. The summed E-state index contributed by atoms with van der Waals surface area (Å²) in [5, 5.41) is 3.07. The first-order valence-corrected chi connectivity index (χ1v) is 12.0. The number of carbonyl (C=O) groups is 1. The van der Waals surface area contributed by atoms with Crippen LogP contribution in [0.25, 0.3) is 0 Å². The summed E-state index contributed by atoms with van der Waals surface area (Å²) >= 11 is 0. The largest absolute Gasteiger partial charge is 0.416 e. The average molecular weight is 588 g/mol. The summed E-state index contributed by atoms with van der Waals surface area (Å²) in [6.45, 7) is 2.74. The molecule has 3 rings (SSSR count). The van der Waals surface area contributed by atoms with E-state index < -0.39 is 54.1 Å². The van der Waals surface area contributed by atoms with Gasteiger partial charge >= 0.3 is 18.4 Å². The Kier molecular flexibility index (Phi) is 10.6. The van der Waals surface area contributed by atoms with Crippen LogP contribution in [0.5, 0.6) is 0 Å². The van der Waals surface area contributed by atoms with E-state index in [9.17, 15) is 39.9 Å². The van der Waals surface area contributed by atoms with Gasteiger partial charge in [-0.1, -0.05) is 6.07 Å². The first-order chi connectivity index (χ1) is 17.6. The highest BCUT2D eigenvalue weighted by molar-refractivity contribution is 5.85. The van der Waals surface area contributed by atoms with Gasteiger partial charge < -0.3 is 15.1 Å². The standard InChI is InChI=1S/C26H29F8N3O.ClH/c1-15-10-20(28)4-5-22(15)23-14-21(35-8-7-27)6-9-37(23)24(38)36(3)16(2)17-11-18(25(29,30)31)13-19(12-17)26(32,33)34;/h4-5,10-13,16,21,23,35H,6-9,14H2,1-3H3;1H/t16-,21+,23-;/m1./s1. The van der Waals surface area contributed by atoms with Gasteiger partial charge in [0, 0.05) is 26.2 Å². The third-order valence-electron chi connectivity index (χ3n) is 6.94. The van der Waals surface area contributed by atoms with Crippen molar-refractivity contribution in [2.45, 2.75) is 57.2 Å². The summed E-state index contributed by atoms with van der Waals surface area (Å²) < 4.78 is 107. The van der Waals surface area contributed by atoms with E-state index in [0.717, 1.165) is 4.90 Å². The number of benzene rings is 2. The van der Waals surface area contributed by atoms with Crippen molar-refractivity contribution in [1.82, 2.24) is 15.1 Å². The van der Waals surface area contributed by atoms with Crippen LogP contribution in [0.1, 0.15) is 59.7 Å². The molecule has 0 aromatic heterocycles. The lowest BCUT2D eigenvalue weighted by Crippen LogP contribution is -2.51. The second-order valence-corrected chi connectivity index (χ2v) is 9.48. The molecule has 218 valence electrons. The summed E-state index contributed by atoms with van der Waals surface area (Å²) in [5.74, 6) is -0.470. The van der Waals surface area contributed by atoms with Crippen LogP contribution in [0, 0.1) is 12.7 Å². The van der Waals surface area contributed by atoms with E-state index in [4.69, 9.17) is 0 Å². The van der Waals surface area contributed by atoms with Crippen molar-refractivity contribution in [2.24, 2.45) is 0 Å². The SMILES string of the molecule is Cc1cc(F)ccc1[C@H]1C[C@@H](NCCF)CCN1C(=O)N(C)[C@H](C)c1cc(C(F)(F)F)cc(C(F)(F)F)c1.Cl. The predicted molar refractivity (Wildman–Crippen MR) is 133 cm³/mol. The molecule has 1 N–H and O–H groups in total. The average Bonchev–Trinajstić information content (AvgIpc) is 2.84. The minimum atomic E-state index is -5.02. The van der Waals surface area contributed by atoms with Crippen LogP contribution in [0.4, 0.5) is 39.9 Å². The molecule has 1 heterocycles. The number of urea groups is 1. The number of alkyl halides is 7. The molecule has 2 amide bonds. The third kappa shape index (κ3) is 7.75. The van der Waals surface area contributed by atoms with Crippen LogP contribution >= 0.6 is 12.4 Å². The molecule has 3 atom stereocenters. The van der Waals surface area contributed by atoms with Crippen LogP contribution < -0.4 is 5.32 Å². The zero-order valence-corrected chi connectivity index (χ0v) is 22.3. The molecule has 2 aromatic rings. The quantitative estimate of drug-likeness (QED) is 0.356. The topological polar surface area (TPSA) is 35.6 Å². The second kappa shape index (κ2) is 12.7.